The summed E-state index contributed by atoms with van der Waals surface area (Å²) < 4.78 is 25.6. The molecule has 5 nitrogen and oxygen atoms in total. The van der Waals surface area contributed by atoms with Crippen molar-refractivity contribution >= 4 is 22.7 Å². The minimum absolute atomic E-state index is 0.00297. The number of thioether (sulfide) groups is 1. The molecule has 1 unspecified atom stereocenters. The molecule has 1 atom stereocenters. The van der Waals surface area contributed by atoms with Gasteiger partial charge in [0, 0.05) is 29.9 Å². The van der Waals surface area contributed by atoms with Gasteiger partial charge in [0.1, 0.15) is 22.8 Å². The van der Waals surface area contributed by atoms with E-state index in [-0.39, 0.29) is 5.39 Å². The summed E-state index contributed by atoms with van der Waals surface area (Å²) in [4.78, 5) is 19.7. The molecule has 1 aromatic heterocycles. The molecule has 2 fully saturated rings. The minimum atomic E-state index is -0.593. The molecule has 0 amide bonds. The molecular formula is C21H27FN2O3S. The highest BCUT2D eigenvalue weighted by atomic mass is 32.2. The fourth-order valence-corrected chi connectivity index (χ4v) is 5.06. The standard InChI is InChI=1S/C21H27FN2O3S/c1-13-2-4-16(5-3-13)28-12-19-23-18-9-15(27-11-14-6-7-26-10-14)8-17(22)20(18)21(25)24-19/h8-9,13-14,16H,2-7,10-12H2,1H3,(H,23,24,25). The average molecular weight is 407 g/mol. The van der Waals surface area contributed by atoms with E-state index in [4.69, 9.17) is 9.47 Å². The van der Waals surface area contributed by atoms with Crippen LogP contribution in [-0.2, 0) is 10.5 Å². The first kappa shape index (κ1) is 19.7. The van der Waals surface area contributed by atoms with Gasteiger partial charge in [0.25, 0.3) is 5.56 Å². The van der Waals surface area contributed by atoms with Gasteiger partial charge in [-0.25, -0.2) is 9.37 Å². The molecule has 28 heavy (non-hydrogen) atoms. The zero-order chi connectivity index (χ0) is 19.5. The Balaban J connectivity index is 1.48. The fourth-order valence-electron chi connectivity index (χ4n) is 3.92. The van der Waals surface area contributed by atoms with E-state index in [2.05, 4.69) is 16.9 Å². The number of ether oxygens (including phenoxy) is 2. The first-order valence-electron chi connectivity index (χ1n) is 10.1. The Hall–Kier alpha value is -1.60. The summed E-state index contributed by atoms with van der Waals surface area (Å²) in [6.07, 6.45) is 5.89. The number of fused-ring (bicyclic) bond motifs is 1. The maximum absolute atomic E-state index is 14.5. The third-order valence-electron chi connectivity index (χ3n) is 5.71. The highest BCUT2D eigenvalue weighted by Crippen LogP contribution is 2.33. The maximum Gasteiger partial charge on any atom is 0.261 e. The van der Waals surface area contributed by atoms with E-state index in [1.165, 1.54) is 31.7 Å². The summed E-state index contributed by atoms with van der Waals surface area (Å²) in [6.45, 7) is 4.21. The van der Waals surface area contributed by atoms with Crippen molar-refractivity contribution in [3.8, 4) is 5.75 Å². The smallest absolute Gasteiger partial charge is 0.261 e. The van der Waals surface area contributed by atoms with Gasteiger partial charge in [-0.1, -0.05) is 6.92 Å². The number of nitrogens with one attached hydrogen (secondary N) is 1. The van der Waals surface area contributed by atoms with Crippen LogP contribution >= 0.6 is 11.8 Å². The van der Waals surface area contributed by atoms with Crippen LogP contribution in [0.15, 0.2) is 16.9 Å². The number of rotatable bonds is 6. The van der Waals surface area contributed by atoms with Crippen LogP contribution in [0, 0.1) is 17.7 Å². The molecule has 1 aromatic carbocycles. The summed E-state index contributed by atoms with van der Waals surface area (Å²) >= 11 is 1.83. The summed E-state index contributed by atoms with van der Waals surface area (Å²) in [5.74, 6) is 2.20. The third-order valence-corrected chi connectivity index (χ3v) is 7.09. The number of hydrogen-bond donors (Lipinski definition) is 1. The Morgan fingerprint density at radius 3 is 2.86 bits per heavy atom. The molecule has 2 aliphatic rings. The number of benzene rings is 1. The molecule has 1 saturated carbocycles. The molecule has 4 rings (SSSR count). The van der Waals surface area contributed by atoms with Crippen LogP contribution in [0.4, 0.5) is 4.39 Å². The molecule has 1 N–H and O–H groups in total. The van der Waals surface area contributed by atoms with Crippen LogP contribution in [0.5, 0.6) is 5.75 Å². The maximum atomic E-state index is 14.5. The van der Waals surface area contributed by atoms with E-state index >= 15 is 0 Å². The monoisotopic (exact) mass is 406 g/mol. The van der Waals surface area contributed by atoms with Gasteiger partial charge in [-0.05, 0) is 38.0 Å². The van der Waals surface area contributed by atoms with Gasteiger partial charge >= 0.3 is 0 Å². The van der Waals surface area contributed by atoms with Gasteiger partial charge in [-0.2, -0.15) is 11.8 Å². The van der Waals surface area contributed by atoms with Crippen LogP contribution < -0.4 is 10.3 Å². The summed E-state index contributed by atoms with van der Waals surface area (Å²) in [5.41, 5.74) is -0.0691. The number of aromatic nitrogens is 2. The van der Waals surface area contributed by atoms with E-state index in [0.717, 1.165) is 18.9 Å². The van der Waals surface area contributed by atoms with Crippen LogP contribution in [0.2, 0.25) is 0 Å². The first-order chi connectivity index (χ1) is 13.6. The third kappa shape index (κ3) is 4.69. The average Bonchev–Trinajstić information content (AvgIpc) is 3.19. The molecule has 1 saturated heterocycles. The lowest BCUT2D eigenvalue weighted by molar-refractivity contribution is 0.167. The number of aromatic amines is 1. The fraction of sp³-hybridized carbons (Fsp3) is 0.619. The summed E-state index contributed by atoms with van der Waals surface area (Å²) in [7, 11) is 0. The Bertz CT molecular complexity index is 874. The van der Waals surface area contributed by atoms with Crippen LogP contribution in [-0.4, -0.2) is 35.0 Å². The second-order valence-corrected chi connectivity index (χ2v) is 9.33. The first-order valence-corrected chi connectivity index (χ1v) is 11.2. The van der Waals surface area contributed by atoms with Crippen molar-refractivity contribution in [1.29, 1.82) is 0 Å². The van der Waals surface area contributed by atoms with Crippen molar-refractivity contribution in [2.45, 2.75) is 50.0 Å². The minimum Gasteiger partial charge on any atom is -0.493 e. The molecule has 1 aliphatic heterocycles. The van der Waals surface area contributed by atoms with Crippen LogP contribution in [0.1, 0.15) is 44.9 Å². The molecule has 1 aliphatic carbocycles. The van der Waals surface area contributed by atoms with E-state index in [0.29, 0.717) is 47.2 Å². The van der Waals surface area contributed by atoms with Gasteiger partial charge in [-0.15, -0.1) is 0 Å². The van der Waals surface area contributed by atoms with E-state index in [1.54, 1.807) is 6.07 Å². The SMILES string of the molecule is CC1CCC(SCc2nc3cc(OCC4CCOC4)cc(F)c3c(=O)[nH]2)CC1. The predicted octanol–water partition coefficient (Wildman–Crippen LogP) is 4.29. The van der Waals surface area contributed by atoms with Gasteiger partial charge in [0.15, 0.2) is 0 Å². The summed E-state index contributed by atoms with van der Waals surface area (Å²) in [5, 5.41) is 0.606. The normalized spacial score (nSPS) is 25.3. The van der Waals surface area contributed by atoms with Crippen LogP contribution in [0.25, 0.3) is 10.9 Å². The van der Waals surface area contributed by atoms with Gasteiger partial charge < -0.3 is 14.5 Å². The van der Waals surface area contributed by atoms with Gasteiger partial charge in [0.2, 0.25) is 0 Å². The Kier molecular flexibility index (Phi) is 6.21. The van der Waals surface area contributed by atoms with Crippen molar-refractivity contribution < 1.29 is 13.9 Å². The summed E-state index contributed by atoms with van der Waals surface area (Å²) in [6, 6.07) is 2.94. The molecule has 2 aromatic rings. The van der Waals surface area contributed by atoms with Crippen molar-refractivity contribution in [2.75, 3.05) is 19.8 Å². The zero-order valence-corrected chi connectivity index (χ0v) is 17.0. The quantitative estimate of drug-likeness (QED) is 0.775. The lowest BCUT2D eigenvalue weighted by Crippen LogP contribution is -2.16. The largest absolute Gasteiger partial charge is 0.493 e. The van der Waals surface area contributed by atoms with E-state index in [1.807, 2.05) is 11.8 Å². The second-order valence-electron chi connectivity index (χ2n) is 8.05. The highest BCUT2D eigenvalue weighted by Gasteiger charge is 2.20. The van der Waals surface area contributed by atoms with E-state index < -0.39 is 11.4 Å². The number of nitrogens with zero attached hydrogens (tertiary/aromatic N) is 1. The molecule has 0 radical (unpaired) electrons. The number of H-pyrrole nitrogens is 1. The molecule has 2 heterocycles. The second kappa shape index (κ2) is 8.82. The molecule has 0 bridgehead atoms. The van der Waals surface area contributed by atoms with Crippen molar-refractivity contribution in [3.63, 3.8) is 0 Å². The zero-order valence-electron chi connectivity index (χ0n) is 16.2. The van der Waals surface area contributed by atoms with Crippen LogP contribution in [0.3, 0.4) is 0 Å². The van der Waals surface area contributed by atoms with Gasteiger partial charge in [0.05, 0.1) is 24.5 Å². The van der Waals surface area contributed by atoms with Crippen molar-refractivity contribution in [3.05, 3.63) is 34.1 Å². The Labute approximate surface area is 168 Å². The Morgan fingerprint density at radius 1 is 1.29 bits per heavy atom. The van der Waals surface area contributed by atoms with Crippen molar-refractivity contribution in [1.82, 2.24) is 9.97 Å². The highest BCUT2D eigenvalue weighted by molar-refractivity contribution is 7.99. The number of hydrogen-bond acceptors (Lipinski definition) is 5. The lowest BCUT2D eigenvalue weighted by Gasteiger charge is -2.25. The molecule has 7 heteroatoms. The van der Waals surface area contributed by atoms with E-state index in [9.17, 15) is 9.18 Å². The predicted molar refractivity (Wildman–Crippen MR) is 109 cm³/mol. The van der Waals surface area contributed by atoms with Crippen molar-refractivity contribution in [2.24, 2.45) is 11.8 Å². The molecule has 152 valence electrons. The lowest BCUT2D eigenvalue weighted by atomic mass is 9.91. The molecule has 0 spiro atoms. The van der Waals surface area contributed by atoms with Gasteiger partial charge in [-0.3, -0.25) is 4.79 Å². The topological polar surface area (TPSA) is 64.2 Å². The molecular weight excluding hydrogens is 379 g/mol. The Morgan fingerprint density at radius 2 is 2.11 bits per heavy atom. The number of halogens is 1.